The Balaban J connectivity index is 1.70. The number of ether oxygens (including phenoxy) is 1. The zero-order chi connectivity index (χ0) is 21.4. The molecule has 0 aliphatic heterocycles. The van der Waals surface area contributed by atoms with E-state index in [1.54, 1.807) is 24.3 Å². The number of benzene rings is 1. The van der Waals surface area contributed by atoms with Crippen LogP contribution in [0.1, 0.15) is 16.8 Å². The van der Waals surface area contributed by atoms with Crippen LogP contribution in [0.4, 0.5) is 26.3 Å². The summed E-state index contributed by atoms with van der Waals surface area (Å²) < 4.78 is 82.7. The largest absolute Gasteiger partial charge is 0.459 e. The van der Waals surface area contributed by atoms with Gasteiger partial charge in [-0.25, -0.2) is 9.97 Å². The van der Waals surface area contributed by atoms with E-state index >= 15 is 0 Å². The Morgan fingerprint density at radius 1 is 1.00 bits per heavy atom. The lowest BCUT2D eigenvalue weighted by atomic mass is 10.1. The van der Waals surface area contributed by atoms with E-state index in [2.05, 4.69) is 15.0 Å². The lowest BCUT2D eigenvalue weighted by molar-refractivity contribution is -0.141. The number of aryl methyl sites for hydroxylation is 1. The molecule has 0 N–H and O–H groups in total. The molecule has 2 aromatic heterocycles. The minimum Gasteiger partial charge on any atom is -0.459 e. The number of hydrogen-bond acceptors (Lipinski definition) is 4. The second-order valence-electron chi connectivity index (χ2n) is 5.90. The first-order chi connectivity index (χ1) is 13.4. The second-order valence-corrected chi connectivity index (χ2v) is 6.26. The Morgan fingerprint density at radius 3 is 2.17 bits per heavy atom. The highest BCUT2D eigenvalue weighted by atomic mass is 35.5. The van der Waals surface area contributed by atoms with Crippen LogP contribution in [0, 0.1) is 0 Å². The fourth-order valence-electron chi connectivity index (χ4n) is 2.37. The first-order valence-corrected chi connectivity index (χ1v) is 8.25. The number of hydrogen-bond donors (Lipinski definition) is 0. The van der Waals surface area contributed by atoms with Gasteiger partial charge in [0.1, 0.15) is 23.1 Å². The molecule has 1 aromatic carbocycles. The van der Waals surface area contributed by atoms with E-state index in [1.807, 2.05) is 0 Å². The Labute approximate surface area is 164 Å². The number of rotatable bonds is 4. The van der Waals surface area contributed by atoms with E-state index in [0.717, 1.165) is 6.20 Å². The van der Waals surface area contributed by atoms with Crippen molar-refractivity contribution in [2.45, 2.75) is 19.0 Å². The van der Waals surface area contributed by atoms with Crippen molar-refractivity contribution in [2.75, 3.05) is 0 Å². The van der Waals surface area contributed by atoms with Crippen LogP contribution in [0.5, 0.6) is 6.01 Å². The van der Waals surface area contributed by atoms with E-state index in [-0.39, 0.29) is 18.4 Å². The van der Waals surface area contributed by atoms with Gasteiger partial charge in [-0.05, 0) is 5.56 Å². The summed E-state index contributed by atoms with van der Waals surface area (Å²) in [6.07, 6.45) is -7.82. The molecule has 12 heteroatoms. The molecule has 5 nitrogen and oxygen atoms in total. The third-order valence-corrected chi connectivity index (χ3v) is 4.06. The molecule has 29 heavy (non-hydrogen) atoms. The topological polar surface area (TPSA) is 52.8 Å². The second kappa shape index (κ2) is 7.54. The predicted molar refractivity (Wildman–Crippen MR) is 90.0 cm³/mol. The summed E-state index contributed by atoms with van der Waals surface area (Å²) in [5, 5.41) is -0.784. The zero-order valence-corrected chi connectivity index (χ0v) is 15.3. The van der Waals surface area contributed by atoms with E-state index in [0.29, 0.717) is 17.3 Å². The summed E-state index contributed by atoms with van der Waals surface area (Å²) in [6.45, 7) is -0.0870. The maximum absolute atomic E-state index is 12.8. The Hall–Kier alpha value is -2.82. The zero-order valence-electron chi connectivity index (χ0n) is 14.5. The van der Waals surface area contributed by atoms with Crippen LogP contribution in [0.3, 0.4) is 0 Å². The Morgan fingerprint density at radius 2 is 1.66 bits per heavy atom. The molecule has 0 unspecified atom stereocenters. The number of aromatic nitrogens is 4. The first-order valence-electron chi connectivity index (χ1n) is 7.87. The van der Waals surface area contributed by atoms with Crippen LogP contribution in [0.15, 0.2) is 36.7 Å². The Kier molecular flexibility index (Phi) is 5.44. The lowest BCUT2D eigenvalue weighted by Gasteiger charge is -2.09. The molecule has 154 valence electrons. The Bertz CT molecular complexity index is 1010. The van der Waals surface area contributed by atoms with Crippen LogP contribution in [-0.4, -0.2) is 19.5 Å². The fraction of sp³-hybridized carbons (Fsp3) is 0.235. The quantitative estimate of drug-likeness (QED) is 0.419. The van der Waals surface area contributed by atoms with Gasteiger partial charge in [0.05, 0.1) is 0 Å². The molecule has 0 spiro atoms. The van der Waals surface area contributed by atoms with Gasteiger partial charge < -0.3 is 9.30 Å². The maximum atomic E-state index is 12.8. The average Bonchev–Trinajstić information content (AvgIpc) is 3.01. The summed E-state index contributed by atoms with van der Waals surface area (Å²) >= 11 is 5.49. The summed E-state index contributed by atoms with van der Waals surface area (Å²) in [6, 6.07) is 5.89. The SMILES string of the molecule is Cn1cc(C(F)(F)F)nc1-c1ccc(COc2ncc(C(F)(F)F)c(Cl)n2)cc1. The smallest absolute Gasteiger partial charge is 0.434 e. The van der Waals surface area contributed by atoms with Crippen molar-refractivity contribution in [1.29, 1.82) is 0 Å². The third-order valence-electron chi connectivity index (χ3n) is 3.77. The van der Waals surface area contributed by atoms with Gasteiger partial charge in [-0.15, -0.1) is 0 Å². The van der Waals surface area contributed by atoms with Crippen LogP contribution in [0.25, 0.3) is 11.4 Å². The van der Waals surface area contributed by atoms with Gasteiger partial charge in [-0.1, -0.05) is 35.9 Å². The minimum absolute atomic E-state index is 0.0870. The van der Waals surface area contributed by atoms with Gasteiger partial charge in [0.15, 0.2) is 5.69 Å². The van der Waals surface area contributed by atoms with Crippen molar-refractivity contribution in [3.05, 3.63) is 58.6 Å². The highest BCUT2D eigenvalue weighted by Gasteiger charge is 2.35. The standard InChI is InChI=1S/C17H11ClF6N4O/c1-28-7-12(17(22,23)24)26-14(28)10-4-2-9(3-5-10)8-29-15-25-6-11(13(18)27-15)16(19,20)21/h2-7H,8H2,1H3. The number of nitrogens with zero attached hydrogens (tertiary/aromatic N) is 4. The molecule has 3 rings (SSSR count). The van der Waals surface area contributed by atoms with Crippen molar-refractivity contribution >= 4 is 11.6 Å². The molecular weight excluding hydrogens is 426 g/mol. The molecule has 0 saturated heterocycles. The first kappa shape index (κ1) is 20.9. The van der Waals surface area contributed by atoms with Crippen LogP contribution in [-0.2, 0) is 26.0 Å². The molecule has 0 saturated carbocycles. The number of halogens is 7. The molecule has 0 aliphatic carbocycles. The lowest BCUT2D eigenvalue weighted by Crippen LogP contribution is -2.09. The van der Waals surface area contributed by atoms with Crippen molar-refractivity contribution in [1.82, 2.24) is 19.5 Å². The molecule has 0 bridgehead atoms. The molecular formula is C17H11ClF6N4O. The summed E-state index contributed by atoms with van der Waals surface area (Å²) in [4.78, 5) is 10.5. The normalized spacial score (nSPS) is 12.3. The molecule has 0 fully saturated rings. The van der Waals surface area contributed by atoms with Crippen molar-refractivity contribution in [2.24, 2.45) is 7.05 Å². The molecule has 2 heterocycles. The van der Waals surface area contributed by atoms with Gasteiger partial charge >= 0.3 is 18.4 Å². The van der Waals surface area contributed by atoms with E-state index in [1.165, 1.54) is 11.6 Å². The highest BCUT2D eigenvalue weighted by Crippen LogP contribution is 2.34. The molecule has 0 radical (unpaired) electrons. The monoisotopic (exact) mass is 436 g/mol. The van der Waals surface area contributed by atoms with Gasteiger partial charge in [0, 0.05) is 25.0 Å². The van der Waals surface area contributed by atoms with Crippen LogP contribution < -0.4 is 4.74 Å². The summed E-state index contributed by atoms with van der Waals surface area (Å²) in [7, 11) is 1.44. The van der Waals surface area contributed by atoms with Gasteiger partial charge in [-0.3, -0.25) is 0 Å². The van der Waals surface area contributed by atoms with E-state index < -0.39 is 28.8 Å². The average molecular weight is 437 g/mol. The maximum Gasteiger partial charge on any atom is 0.434 e. The molecule has 3 aromatic rings. The minimum atomic E-state index is -4.68. The predicted octanol–water partition coefficient (Wildman–Crippen LogP) is 5.15. The fourth-order valence-corrected chi connectivity index (χ4v) is 2.60. The van der Waals surface area contributed by atoms with Crippen molar-refractivity contribution < 1.29 is 31.1 Å². The molecule has 0 atom stereocenters. The number of alkyl halides is 6. The van der Waals surface area contributed by atoms with Gasteiger partial charge in [0.2, 0.25) is 0 Å². The number of imidazole rings is 1. The molecule has 0 aliphatic rings. The van der Waals surface area contributed by atoms with E-state index in [4.69, 9.17) is 16.3 Å². The van der Waals surface area contributed by atoms with Crippen molar-refractivity contribution in [3.63, 3.8) is 0 Å². The van der Waals surface area contributed by atoms with Crippen molar-refractivity contribution in [3.8, 4) is 17.4 Å². The summed E-state index contributed by atoms with van der Waals surface area (Å²) in [5.41, 5.74) is -1.15. The van der Waals surface area contributed by atoms with E-state index in [9.17, 15) is 26.3 Å². The van der Waals surface area contributed by atoms with Gasteiger partial charge in [0.25, 0.3) is 0 Å². The highest BCUT2D eigenvalue weighted by molar-refractivity contribution is 6.30. The summed E-state index contributed by atoms with van der Waals surface area (Å²) in [5.74, 6) is 0.127. The van der Waals surface area contributed by atoms with Crippen LogP contribution >= 0.6 is 11.6 Å². The third kappa shape index (κ3) is 4.78. The van der Waals surface area contributed by atoms with Crippen LogP contribution in [0.2, 0.25) is 5.15 Å². The molecule has 0 amide bonds. The van der Waals surface area contributed by atoms with Gasteiger partial charge in [-0.2, -0.15) is 31.3 Å².